The topological polar surface area (TPSA) is 66.6 Å². The molecule has 1 atom stereocenters. The van der Waals surface area contributed by atoms with Crippen molar-refractivity contribution in [2.75, 3.05) is 31.1 Å². The van der Waals surface area contributed by atoms with E-state index < -0.39 is 11.4 Å². The van der Waals surface area contributed by atoms with Gasteiger partial charge in [-0.15, -0.1) is 0 Å². The second-order valence-electron chi connectivity index (χ2n) is 7.07. The number of halogens is 1. The van der Waals surface area contributed by atoms with Gasteiger partial charge in [0.25, 0.3) is 0 Å². The molecule has 0 bridgehead atoms. The van der Waals surface area contributed by atoms with Gasteiger partial charge in [0, 0.05) is 31.7 Å². The predicted octanol–water partition coefficient (Wildman–Crippen LogP) is 2.55. The number of hydrogen-bond acceptors (Lipinski definition) is 4. The van der Waals surface area contributed by atoms with Crippen LogP contribution in [-0.4, -0.2) is 42.8 Å². The highest BCUT2D eigenvalue weighted by Crippen LogP contribution is 2.25. The minimum absolute atomic E-state index is 0.138. The van der Waals surface area contributed by atoms with Crippen LogP contribution >= 0.6 is 0 Å². The van der Waals surface area contributed by atoms with Gasteiger partial charge in [0.2, 0.25) is 5.91 Å². The van der Waals surface area contributed by atoms with Crippen LogP contribution in [0.2, 0.25) is 0 Å². The number of amides is 1. The van der Waals surface area contributed by atoms with E-state index in [-0.39, 0.29) is 11.7 Å². The molecule has 27 heavy (non-hydrogen) atoms. The summed E-state index contributed by atoms with van der Waals surface area (Å²) < 4.78 is 14.4. The van der Waals surface area contributed by atoms with E-state index >= 15 is 0 Å². The van der Waals surface area contributed by atoms with Crippen molar-refractivity contribution < 1.29 is 14.0 Å². The zero-order valence-corrected chi connectivity index (χ0v) is 15.6. The molecule has 1 aliphatic heterocycles. The van der Waals surface area contributed by atoms with E-state index in [2.05, 4.69) is 0 Å². The molecule has 0 aliphatic carbocycles. The fraction of sp³-hybridized carbons (Fsp3) is 0.333. The molecule has 0 radical (unpaired) electrons. The fourth-order valence-corrected chi connectivity index (χ4v) is 3.37. The minimum atomic E-state index is -1.10. The number of hydrogen-bond donors (Lipinski definition) is 1. The molecular weight excluding hydrogens is 345 g/mol. The van der Waals surface area contributed by atoms with Crippen molar-refractivity contribution in [2.45, 2.75) is 19.4 Å². The molecule has 2 aromatic carbocycles. The maximum absolute atomic E-state index is 14.4. The number of piperazine rings is 1. The molecule has 1 heterocycles. The fourth-order valence-electron chi connectivity index (χ4n) is 3.37. The van der Waals surface area contributed by atoms with Gasteiger partial charge in [0.1, 0.15) is 11.4 Å². The summed E-state index contributed by atoms with van der Waals surface area (Å²) in [5.74, 6) is -0.727. The molecule has 1 fully saturated rings. The lowest BCUT2D eigenvalue weighted by Gasteiger charge is -2.39. The van der Waals surface area contributed by atoms with Crippen molar-refractivity contribution in [1.82, 2.24) is 4.90 Å². The van der Waals surface area contributed by atoms with Crippen LogP contribution in [0.5, 0.6) is 0 Å². The van der Waals surface area contributed by atoms with Crippen LogP contribution < -0.4 is 10.6 Å². The number of rotatable bonds is 4. The SMILES string of the molecule is CC(=O)c1ccc(N2CCN(C(=O)C(C)(N)c3ccccc3)CC2)c(F)c1. The van der Waals surface area contributed by atoms with Crippen molar-refractivity contribution in [3.8, 4) is 0 Å². The zero-order chi connectivity index (χ0) is 19.6. The highest BCUT2D eigenvalue weighted by atomic mass is 19.1. The monoisotopic (exact) mass is 369 g/mol. The van der Waals surface area contributed by atoms with Gasteiger partial charge in [0.05, 0.1) is 5.69 Å². The van der Waals surface area contributed by atoms with Gasteiger partial charge in [-0.3, -0.25) is 9.59 Å². The molecule has 1 aliphatic rings. The standard InChI is InChI=1S/C21H24FN3O2/c1-15(26)16-8-9-19(18(22)14-16)24-10-12-25(13-11-24)20(27)21(2,23)17-6-4-3-5-7-17/h3-9,14H,10-13,23H2,1-2H3. The van der Waals surface area contributed by atoms with Gasteiger partial charge in [-0.1, -0.05) is 30.3 Å². The van der Waals surface area contributed by atoms with Gasteiger partial charge < -0.3 is 15.5 Å². The van der Waals surface area contributed by atoms with E-state index in [4.69, 9.17) is 5.73 Å². The molecule has 1 amide bonds. The number of Topliss-reactive ketones (excluding diaryl/α,β-unsaturated/α-hetero) is 1. The Balaban J connectivity index is 1.68. The molecule has 3 rings (SSSR count). The van der Waals surface area contributed by atoms with Crippen molar-refractivity contribution in [3.05, 3.63) is 65.5 Å². The largest absolute Gasteiger partial charge is 0.366 e. The van der Waals surface area contributed by atoms with Crippen molar-refractivity contribution in [2.24, 2.45) is 5.73 Å². The molecule has 0 saturated carbocycles. The van der Waals surface area contributed by atoms with Crippen molar-refractivity contribution in [3.63, 3.8) is 0 Å². The first-order valence-electron chi connectivity index (χ1n) is 9.00. The molecule has 0 spiro atoms. The van der Waals surface area contributed by atoms with E-state index in [0.717, 1.165) is 5.56 Å². The first kappa shape index (κ1) is 19.0. The Bertz CT molecular complexity index is 844. The van der Waals surface area contributed by atoms with Crippen molar-refractivity contribution in [1.29, 1.82) is 0 Å². The first-order chi connectivity index (χ1) is 12.8. The molecule has 0 aromatic heterocycles. The van der Waals surface area contributed by atoms with Gasteiger partial charge in [-0.2, -0.15) is 0 Å². The Hall–Kier alpha value is -2.73. The van der Waals surface area contributed by atoms with Crippen LogP contribution in [0.3, 0.4) is 0 Å². The first-order valence-corrected chi connectivity index (χ1v) is 9.00. The second kappa shape index (κ2) is 7.48. The summed E-state index contributed by atoms with van der Waals surface area (Å²) in [6, 6.07) is 13.8. The van der Waals surface area contributed by atoms with Crippen LogP contribution in [0.4, 0.5) is 10.1 Å². The predicted molar refractivity (Wildman–Crippen MR) is 103 cm³/mol. The Labute approximate surface area is 158 Å². The van der Waals surface area contributed by atoms with E-state index in [1.807, 2.05) is 35.2 Å². The van der Waals surface area contributed by atoms with E-state index in [1.54, 1.807) is 24.0 Å². The number of carbonyl (C=O) groups excluding carboxylic acids is 2. The maximum atomic E-state index is 14.4. The third-order valence-corrected chi connectivity index (χ3v) is 5.08. The molecule has 1 saturated heterocycles. The highest BCUT2D eigenvalue weighted by molar-refractivity contribution is 5.94. The molecule has 142 valence electrons. The van der Waals surface area contributed by atoms with Gasteiger partial charge in [-0.25, -0.2) is 4.39 Å². The molecule has 1 unspecified atom stereocenters. The highest BCUT2D eigenvalue weighted by Gasteiger charge is 2.36. The van der Waals surface area contributed by atoms with Gasteiger partial charge in [-0.05, 0) is 37.6 Å². The summed E-state index contributed by atoms with van der Waals surface area (Å²) in [6.45, 7) is 5.07. The summed E-state index contributed by atoms with van der Waals surface area (Å²) in [5.41, 5.74) is 6.80. The van der Waals surface area contributed by atoms with Crippen LogP contribution in [0.15, 0.2) is 48.5 Å². The minimum Gasteiger partial charge on any atom is -0.366 e. The Morgan fingerprint density at radius 3 is 2.22 bits per heavy atom. The van der Waals surface area contributed by atoms with E-state index in [1.165, 1.54) is 13.0 Å². The Morgan fingerprint density at radius 1 is 1.04 bits per heavy atom. The third-order valence-electron chi connectivity index (χ3n) is 5.08. The van der Waals surface area contributed by atoms with Crippen LogP contribution in [0.25, 0.3) is 0 Å². The molecule has 2 N–H and O–H groups in total. The zero-order valence-electron chi connectivity index (χ0n) is 15.6. The normalized spacial score (nSPS) is 16.7. The van der Waals surface area contributed by atoms with Gasteiger partial charge >= 0.3 is 0 Å². The second-order valence-corrected chi connectivity index (χ2v) is 7.07. The van der Waals surface area contributed by atoms with Crippen LogP contribution in [0.1, 0.15) is 29.8 Å². The number of ketones is 1. The third kappa shape index (κ3) is 3.85. The van der Waals surface area contributed by atoms with E-state index in [0.29, 0.717) is 37.4 Å². The number of benzene rings is 2. The summed E-state index contributed by atoms with van der Waals surface area (Å²) in [7, 11) is 0. The van der Waals surface area contributed by atoms with Gasteiger partial charge in [0.15, 0.2) is 5.78 Å². The lowest BCUT2D eigenvalue weighted by molar-refractivity contribution is -0.137. The number of nitrogens with two attached hydrogens (primary N) is 1. The lowest BCUT2D eigenvalue weighted by atomic mass is 9.91. The average Bonchev–Trinajstić information content (AvgIpc) is 2.68. The lowest BCUT2D eigenvalue weighted by Crippen LogP contribution is -2.56. The van der Waals surface area contributed by atoms with Crippen LogP contribution in [0, 0.1) is 5.82 Å². The maximum Gasteiger partial charge on any atom is 0.247 e. The summed E-state index contributed by atoms with van der Waals surface area (Å²) in [6.07, 6.45) is 0. The molecule has 2 aromatic rings. The number of anilines is 1. The Morgan fingerprint density at radius 2 is 1.67 bits per heavy atom. The van der Waals surface area contributed by atoms with Crippen LogP contribution in [-0.2, 0) is 10.3 Å². The quantitative estimate of drug-likeness (QED) is 0.841. The smallest absolute Gasteiger partial charge is 0.247 e. The van der Waals surface area contributed by atoms with Crippen molar-refractivity contribution >= 4 is 17.4 Å². The Kier molecular flexibility index (Phi) is 5.28. The number of nitrogens with zero attached hydrogens (tertiary/aromatic N) is 2. The summed E-state index contributed by atoms with van der Waals surface area (Å²) in [4.78, 5) is 27.9. The molecular formula is C21H24FN3O2. The summed E-state index contributed by atoms with van der Waals surface area (Å²) in [5, 5.41) is 0. The average molecular weight is 369 g/mol. The summed E-state index contributed by atoms with van der Waals surface area (Å²) >= 11 is 0. The molecule has 5 nitrogen and oxygen atoms in total. The molecule has 6 heteroatoms. The van der Waals surface area contributed by atoms with E-state index in [9.17, 15) is 14.0 Å². The number of carbonyl (C=O) groups is 2.